The van der Waals surface area contributed by atoms with Gasteiger partial charge in [0.05, 0.1) is 0 Å². The fraction of sp³-hybridized carbons (Fsp3) is 0.400. The molecule has 1 aliphatic heterocycles. The molecular weight excluding hydrogens is 270 g/mol. The van der Waals surface area contributed by atoms with Crippen LogP contribution in [-0.2, 0) is 9.59 Å². The van der Waals surface area contributed by atoms with Gasteiger partial charge in [0, 0.05) is 6.42 Å². The van der Waals surface area contributed by atoms with Gasteiger partial charge in [0.1, 0.15) is 11.6 Å². The van der Waals surface area contributed by atoms with E-state index in [-0.39, 0.29) is 11.8 Å². The Bertz CT molecular complexity index is 705. The van der Waals surface area contributed by atoms with E-state index < -0.39 is 6.04 Å². The van der Waals surface area contributed by atoms with Gasteiger partial charge in [-0.1, -0.05) is 19.9 Å². The van der Waals surface area contributed by atoms with Crippen LogP contribution in [0.2, 0.25) is 0 Å². The maximum absolute atomic E-state index is 11.7. The number of aromatic nitrogens is 1. The Kier molecular flexibility index (Phi) is 3.37. The lowest BCUT2D eigenvalue weighted by molar-refractivity contribution is -0.133. The average Bonchev–Trinajstić information content (AvgIpc) is 2.83. The highest BCUT2D eigenvalue weighted by Gasteiger charge is 2.27. The minimum Gasteiger partial charge on any atom is -0.424 e. The van der Waals surface area contributed by atoms with E-state index in [0.717, 1.165) is 5.52 Å². The molecule has 1 atom stereocenters. The molecule has 0 spiro atoms. The fourth-order valence-corrected chi connectivity index (χ4v) is 2.35. The summed E-state index contributed by atoms with van der Waals surface area (Å²) in [6.45, 7) is 4.23. The number of hydrogen-bond acceptors (Lipinski definition) is 5. The number of carbonyl (C=O) groups excluding carboxylic acids is 2. The van der Waals surface area contributed by atoms with Crippen molar-refractivity contribution >= 4 is 28.9 Å². The summed E-state index contributed by atoms with van der Waals surface area (Å²) < 4.78 is 5.59. The van der Waals surface area contributed by atoms with E-state index in [9.17, 15) is 9.59 Å². The number of amides is 2. The first-order valence-electron chi connectivity index (χ1n) is 7.03. The standard InChI is InChI=1S/C15H17N3O3/c1-8(2)9-3-5-12-11(7-9)17-15(21-12)16-10-4-6-13(19)18-14(10)20/h3,5,7-8,10H,4,6H2,1-2H3,(H,16,17)(H,18,19,20). The summed E-state index contributed by atoms with van der Waals surface area (Å²) in [5.41, 5.74) is 2.62. The summed E-state index contributed by atoms with van der Waals surface area (Å²) in [5.74, 6) is -0.161. The summed E-state index contributed by atoms with van der Waals surface area (Å²) in [5, 5.41) is 5.24. The fourth-order valence-electron chi connectivity index (χ4n) is 2.35. The molecule has 1 aliphatic rings. The van der Waals surface area contributed by atoms with E-state index in [0.29, 0.717) is 30.4 Å². The van der Waals surface area contributed by atoms with Crippen molar-refractivity contribution in [3.05, 3.63) is 23.8 Å². The Morgan fingerprint density at radius 3 is 2.90 bits per heavy atom. The van der Waals surface area contributed by atoms with Crippen LogP contribution in [0.1, 0.15) is 38.2 Å². The van der Waals surface area contributed by atoms with Gasteiger partial charge in [-0.3, -0.25) is 14.9 Å². The van der Waals surface area contributed by atoms with Crippen molar-refractivity contribution in [2.24, 2.45) is 0 Å². The first kappa shape index (κ1) is 13.6. The van der Waals surface area contributed by atoms with E-state index in [1.54, 1.807) is 0 Å². The molecule has 21 heavy (non-hydrogen) atoms. The molecule has 0 aliphatic carbocycles. The normalized spacial score (nSPS) is 19.1. The largest absolute Gasteiger partial charge is 0.424 e. The van der Waals surface area contributed by atoms with Gasteiger partial charge in [-0.15, -0.1) is 0 Å². The van der Waals surface area contributed by atoms with Gasteiger partial charge in [-0.25, -0.2) is 0 Å². The Morgan fingerprint density at radius 1 is 1.38 bits per heavy atom. The maximum Gasteiger partial charge on any atom is 0.296 e. The molecule has 6 nitrogen and oxygen atoms in total. The molecule has 110 valence electrons. The van der Waals surface area contributed by atoms with Crippen LogP contribution in [-0.4, -0.2) is 22.8 Å². The van der Waals surface area contributed by atoms with Crippen LogP contribution in [0.5, 0.6) is 0 Å². The molecule has 3 rings (SSSR count). The van der Waals surface area contributed by atoms with Crippen LogP contribution in [0.25, 0.3) is 11.1 Å². The van der Waals surface area contributed by atoms with Crippen LogP contribution >= 0.6 is 0 Å². The van der Waals surface area contributed by atoms with E-state index in [2.05, 4.69) is 29.5 Å². The highest BCUT2D eigenvalue weighted by atomic mass is 16.4. The zero-order chi connectivity index (χ0) is 15.0. The lowest BCUT2D eigenvalue weighted by Gasteiger charge is -2.20. The molecule has 2 N–H and O–H groups in total. The molecule has 1 saturated heterocycles. The van der Waals surface area contributed by atoms with Gasteiger partial charge in [0.2, 0.25) is 11.8 Å². The summed E-state index contributed by atoms with van der Waals surface area (Å²) in [6, 6.07) is 5.70. The topological polar surface area (TPSA) is 84.2 Å². The number of oxazole rings is 1. The van der Waals surface area contributed by atoms with Gasteiger partial charge in [-0.05, 0) is 30.0 Å². The summed E-state index contributed by atoms with van der Waals surface area (Å²) >= 11 is 0. The van der Waals surface area contributed by atoms with Crippen molar-refractivity contribution < 1.29 is 14.0 Å². The number of rotatable bonds is 3. The van der Waals surface area contributed by atoms with Gasteiger partial charge in [-0.2, -0.15) is 4.98 Å². The second kappa shape index (κ2) is 5.20. The van der Waals surface area contributed by atoms with E-state index in [4.69, 9.17) is 4.42 Å². The van der Waals surface area contributed by atoms with Crippen molar-refractivity contribution in [1.29, 1.82) is 0 Å². The average molecular weight is 287 g/mol. The molecule has 0 radical (unpaired) electrons. The first-order valence-corrected chi connectivity index (χ1v) is 7.03. The molecule has 2 heterocycles. The van der Waals surface area contributed by atoms with E-state index in [1.807, 2.05) is 18.2 Å². The molecule has 0 bridgehead atoms. The first-order chi connectivity index (χ1) is 10.0. The third-order valence-corrected chi connectivity index (χ3v) is 3.62. The predicted octanol–water partition coefficient (Wildman–Crippen LogP) is 2.17. The molecule has 2 aromatic rings. The molecule has 2 amide bonds. The number of anilines is 1. The van der Waals surface area contributed by atoms with Crippen molar-refractivity contribution in [2.75, 3.05) is 5.32 Å². The van der Waals surface area contributed by atoms with Gasteiger partial charge < -0.3 is 9.73 Å². The second-order valence-electron chi connectivity index (χ2n) is 5.55. The summed E-state index contributed by atoms with van der Waals surface area (Å²) in [7, 11) is 0. The Balaban J connectivity index is 1.81. The van der Waals surface area contributed by atoms with Crippen LogP contribution in [0.15, 0.2) is 22.6 Å². The van der Waals surface area contributed by atoms with Crippen LogP contribution in [0.4, 0.5) is 6.01 Å². The Labute approximate surface area is 121 Å². The van der Waals surface area contributed by atoms with Crippen molar-refractivity contribution in [3.8, 4) is 0 Å². The molecular formula is C15H17N3O3. The van der Waals surface area contributed by atoms with Crippen molar-refractivity contribution in [1.82, 2.24) is 10.3 Å². The number of nitrogens with one attached hydrogen (secondary N) is 2. The smallest absolute Gasteiger partial charge is 0.296 e. The highest BCUT2D eigenvalue weighted by molar-refractivity contribution is 6.01. The molecule has 6 heteroatoms. The summed E-state index contributed by atoms with van der Waals surface area (Å²) in [4.78, 5) is 27.2. The maximum atomic E-state index is 11.7. The molecule has 0 saturated carbocycles. The zero-order valence-electron chi connectivity index (χ0n) is 12.0. The third-order valence-electron chi connectivity index (χ3n) is 3.62. The summed E-state index contributed by atoms with van der Waals surface area (Å²) in [6.07, 6.45) is 0.766. The minimum absolute atomic E-state index is 0.239. The van der Waals surface area contributed by atoms with Crippen LogP contribution in [0, 0.1) is 0 Å². The SMILES string of the molecule is CC(C)c1ccc2oc(NC3CCC(=O)NC3=O)nc2c1. The van der Waals surface area contributed by atoms with Gasteiger partial charge in [0.15, 0.2) is 5.58 Å². The quantitative estimate of drug-likeness (QED) is 0.845. The number of nitrogens with zero attached hydrogens (tertiary/aromatic N) is 1. The lowest BCUT2D eigenvalue weighted by atomic mass is 10.0. The Morgan fingerprint density at radius 2 is 2.19 bits per heavy atom. The second-order valence-corrected chi connectivity index (χ2v) is 5.55. The lowest BCUT2D eigenvalue weighted by Crippen LogP contribution is -2.47. The highest BCUT2D eigenvalue weighted by Crippen LogP contribution is 2.24. The number of piperidine rings is 1. The monoisotopic (exact) mass is 287 g/mol. The van der Waals surface area contributed by atoms with Crippen molar-refractivity contribution in [3.63, 3.8) is 0 Å². The zero-order valence-corrected chi connectivity index (χ0v) is 12.0. The van der Waals surface area contributed by atoms with Gasteiger partial charge >= 0.3 is 0 Å². The van der Waals surface area contributed by atoms with Gasteiger partial charge in [0.25, 0.3) is 6.01 Å². The number of imide groups is 1. The number of fused-ring (bicyclic) bond motifs is 1. The molecule has 1 aromatic carbocycles. The predicted molar refractivity (Wildman–Crippen MR) is 77.9 cm³/mol. The molecule has 1 aromatic heterocycles. The number of carbonyl (C=O) groups is 2. The minimum atomic E-state index is -0.486. The number of benzene rings is 1. The Hall–Kier alpha value is -2.37. The number of hydrogen-bond donors (Lipinski definition) is 2. The van der Waals surface area contributed by atoms with Crippen LogP contribution < -0.4 is 10.6 Å². The molecule has 1 fully saturated rings. The third kappa shape index (κ3) is 2.74. The van der Waals surface area contributed by atoms with E-state index in [1.165, 1.54) is 5.56 Å². The molecule has 1 unspecified atom stereocenters. The van der Waals surface area contributed by atoms with Crippen LogP contribution in [0.3, 0.4) is 0 Å². The van der Waals surface area contributed by atoms with E-state index >= 15 is 0 Å². The van der Waals surface area contributed by atoms with Crippen molar-refractivity contribution in [2.45, 2.75) is 38.6 Å².